The van der Waals surface area contributed by atoms with Crippen molar-refractivity contribution in [3.05, 3.63) is 71.0 Å². The van der Waals surface area contributed by atoms with Gasteiger partial charge in [0.05, 0.1) is 17.8 Å². The first kappa shape index (κ1) is 17.3. The Morgan fingerprint density at radius 1 is 1.19 bits per heavy atom. The van der Waals surface area contributed by atoms with Gasteiger partial charge < -0.3 is 5.32 Å². The van der Waals surface area contributed by atoms with Crippen molar-refractivity contribution < 1.29 is 4.79 Å². The first-order valence-corrected chi connectivity index (χ1v) is 9.27. The molecular formula is C18H13ClN6OS. The number of halogens is 1. The minimum Gasteiger partial charge on any atom is -0.326 e. The molecule has 9 heteroatoms. The summed E-state index contributed by atoms with van der Waals surface area (Å²) in [6.45, 7) is 0. The number of thiazole rings is 1. The van der Waals surface area contributed by atoms with Crippen LogP contribution in [0.4, 0.5) is 5.69 Å². The minimum absolute atomic E-state index is 0.142. The number of carbonyl (C=O) groups excluding carboxylic acids is 1. The van der Waals surface area contributed by atoms with E-state index in [4.69, 9.17) is 11.6 Å². The highest BCUT2D eigenvalue weighted by Gasteiger charge is 2.10. The number of amides is 1. The summed E-state index contributed by atoms with van der Waals surface area (Å²) >= 11 is 7.41. The topological polar surface area (TPSA) is 85.6 Å². The second-order valence-electron chi connectivity index (χ2n) is 5.68. The maximum atomic E-state index is 12.4. The van der Waals surface area contributed by atoms with Crippen LogP contribution < -0.4 is 5.32 Å². The van der Waals surface area contributed by atoms with Crippen molar-refractivity contribution >= 4 is 34.5 Å². The maximum absolute atomic E-state index is 12.4. The maximum Gasteiger partial charge on any atom is 0.230 e. The Hall–Kier alpha value is -3.10. The fourth-order valence-electron chi connectivity index (χ4n) is 2.49. The predicted octanol–water partition coefficient (Wildman–Crippen LogP) is 3.62. The highest BCUT2D eigenvalue weighted by Crippen LogP contribution is 2.25. The molecule has 0 saturated carbocycles. The first-order valence-electron chi connectivity index (χ1n) is 8.01. The largest absolute Gasteiger partial charge is 0.326 e. The molecule has 134 valence electrons. The second kappa shape index (κ2) is 7.65. The summed E-state index contributed by atoms with van der Waals surface area (Å²) in [5.74, 6) is -0.142. The number of anilines is 1. The van der Waals surface area contributed by atoms with Crippen LogP contribution in [0, 0.1) is 0 Å². The van der Waals surface area contributed by atoms with Gasteiger partial charge in [0.1, 0.15) is 11.3 Å². The predicted molar refractivity (Wildman–Crippen MR) is 104 cm³/mol. The smallest absolute Gasteiger partial charge is 0.230 e. The molecule has 0 saturated heterocycles. The lowest BCUT2D eigenvalue weighted by atomic mass is 10.2. The zero-order chi connectivity index (χ0) is 18.6. The summed E-state index contributed by atoms with van der Waals surface area (Å²) < 4.78 is 1.52. The molecule has 1 N–H and O–H groups in total. The van der Waals surface area contributed by atoms with Gasteiger partial charge in [0.15, 0.2) is 0 Å². The van der Waals surface area contributed by atoms with Crippen molar-refractivity contribution in [1.82, 2.24) is 25.2 Å². The number of tetrazole rings is 1. The van der Waals surface area contributed by atoms with Crippen LogP contribution in [0.5, 0.6) is 0 Å². The Kier molecular flexibility index (Phi) is 4.91. The van der Waals surface area contributed by atoms with Crippen LogP contribution in [0.25, 0.3) is 16.3 Å². The molecule has 0 fully saturated rings. The van der Waals surface area contributed by atoms with Crippen LogP contribution in [0.1, 0.15) is 5.69 Å². The van der Waals surface area contributed by atoms with E-state index >= 15 is 0 Å². The molecule has 0 bridgehead atoms. The lowest BCUT2D eigenvalue weighted by Gasteiger charge is -2.06. The second-order valence-corrected chi connectivity index (χ2v) is 6.98. The number of benzene rings is 2. The molecule has 0 unspecified atom stereocenters. The van der Waals surface area contributed by atoms with Crippen molar-refractivity contribution in [2.24, 2.45) is 0 Å². The van der Waals surface area contributed by atoms with Gasteiger partial charge in [-0.3, -0.25) is 4.79 Å². The van der Waals surface area contributed by atoms with E-state index in [0.717, 1.165) is 22.0 Å². The number of carbonyl (C=O) groups is 1. The van der Waals surface area contributed by atoms with Crippen LogP contribution >= 0.6 is 22.9 Å². The Labute approximate surface area is 163 Å². The zero-order valence-corrected chi connectivity index (χ0v) is 15.5. The van der Waals surface area contributed by atoms with Crippen molar-refractivity contribution in [2.75, 3.05) is 5.32 Å². The summed E-state index contributed by atoms with van der Waals surface area (Å²) in [5.41, 5.74) is 3.13. The van der Waals surface area contributed by atoms with Crippen LogP contribution in [-0.2, 0) is 11.2 Å². The van der Waals surface area contributed by atoms with Crippen molar-refractivity contribution in [2.45, 2.75) is 6.42 Å². The SMILES string of the molecule is O=C(Cc1csc(-c2ccc(Cl)cc2)n1)Nc1cccc(-n2cnnn2)c1. The normalized spacial score (nSPS) is 10.7. The van der Waals surface area contributed by atoms with Gasteiger partial charge in [-0.05, 0) is 40.8 Å². The van der Waals surface area contributed by atoms with E-state index in [-0.39, 0.29) is 12.3 Å². The Morgan fingerprint density at radius 2 is 2.04 bits per heavy atom. The van der Waals surface area contributed by atoms with Gasteiger partial charge >= 0.3 is 0 Å². The number of aromatic nitrogens is 5. The molecule has 0 atom stereocenters. The third-order valence-corrected chi connectivity index (χ3v) is 4.92. The van der Waals surface area contributed by atoms with E-state index < -0.39 is 0 Å². The molecule has 4 aromatic rings. The molecule has 0 aliphatic carbocycles. The molecule has 4 rings (SSSR count). The Balaban J connectivity index is 1.43. The van der Waals surface area contributed by atoms with Gasteiger partial charge in [0, 0.05) is 21.7 Å². The highest BCUT2D eigenvalue weighted by atomic mass is 35.5. The average Bonchev–Trinajstić information content (AvgIpc) is 3.35. The van der Waals surface area contributed by atoms with E-state index in [2.05, 4.69) is 25.8 Å². The summed E-state index contributed by atoms with van der Waals surface area (Å²) in [6, 6.07) is 14.8. The molecule has 7 nitrogen and oxygen atoms in total. The van der Waals surface area contributed by atoms with Gasteiger partial charge in [-0.2, -0.15) is 0 Å². The summed E-state index contributed by atoms with van der Waals surface area (Å²) in [7, 11) is 0. The lowest BCUT2D eigenvalue weighted by Crippen LogP contribution is -2.14. The molecule has 0 aliphatic heterocycles. The van der Waals surface area contributed by atoms with Gasteiger partial charge in [-0.1, -0.05) is 29.8 Å². The molecule has 2 aromatic carbocycles. The molecule has 27 heavy (non-hydrogen) atoms. The molecule has 0 aliphatic rings. The quantitative estimate of drug-likeness (QED) is 0.556. The Bertz CT molecular complexity index is 1060. The third-order valence-electron chi connectivity index (χ3n) is 3.73. The van der Waals surface area contributed by atoms with E-state index in [9.17, 15) is 4.79 Å². The van der Waals surface area contributed by atoms with Gasteiger partial charge in [0.2, 0.25) is 5.91 Å². The molecule has 1 amide bonds. The molecular weight excluding hydrogens is 384 g/mol. The average molecular weight is 397 g/mol. The summed E-state index contributed by atoms with van der Waals surface area (Å²) in [4.78, 5) is 16.9. The molecule has 0 radical (unpaired) electrons. The number of rotatable bonds is 5. The molecule has 0 spiro atoms. The van der Waals surface area contributed by atoms with Crippen LogP contribution in [0.15, 0.2) is 60.2 Å². The number of hydrogen-bond donors (Lipinski definition) is 1. The van der Waals surface area contributed by atoms with Crippen LogP contribution in [0.3, 0.4) is 0 Å². The minimum atomic E-state index is -0.142. The van der Waals surface area contributed by atoms with E-state index in [1.54, 1.807) is 6.07 Å². The fraction of sp³-hybridized carbons (Fsp3) is 0.0556. The lowest BCUT2D eigenvalue weighted by molar-refractivity contribution is -0.115. The third kappa shape index (κ3) is 4.18. The zero-order valence-electron chi connectivity index (χ0n) is 13.9. The Morgan fingerprint density at radius 3 is 2.81 bits per heavy atom. The number of hydrogen-bond acceptors (Lipinski definition) is 6. The van der Waals surface area contributed by atoms with Crippen molar-refractivity contribution in [3.8, 4) is 16.3 Å². The van der Waals surface area contributed by atoms with E-state index in [1.165, 1.54) is 22.3 Å². The van der Waals surface area contributed by atoms with Gasteiger partial charge in [-0.25, -0.2) is 9.67 Å². The monoisotopic (exact) mass is 396 g/mol. The van der Waals surface area contributed by atoms with Crippen LogP contribution in [-0.4, -0.2) is 31.1 Å². The summed E-state index contributed by atoms with van der Waals surface area (Å²) in [5, 5.41) is 17.4. The fourth-order valence-corrected chi connectivity index (χ4v) is 3.44. The van der Waals surface area contributed by atoms with Gasteiger partial charge in [-0.15, -0.1) is 16.4 Å². The molecule has 2 aromatic heterocycles. The van der Waals surface area contributed by atoms with Crippen molar-refractivity contribution in [3.63, 3.8) is 0 Å². The summed E-state index contributed by atoms with van der Waals surface area (Å²) in [6.07, 6.45) is 1.69. The van der Waals surface area contributed by atoms with Gasteiger partial charge in [0.25, 0.3) is 0 Å². The first-order chi connectivity index (χ1) is 13.2. The van der Waals surface area contributed by atoms with Crippen molar-refractivity contribution in [1.29, 1.82) is 0 Å². The number of nitrogens with one attached hydrogen (secondary N) is 1. The van der Waals surface area contributed by atoms with E-state index in [1.807, 2.05) is 47.8 Å². The number of nitrogens with zero attached hydrogens (tertiary/aromatic N) is 5. The standard InChI is InChI=1S/C18H13ClN6OS/c19-13-6-4-12(5-7-13)18-22-15(10-27-18)9-17(26)21-14-2-1-3-16(8-14)25-11-20-23-24-25/h1-8,10-11H,9H2,(H,21,26). The van der Waals surface area contributed by atoms with Crippen LogP contribution in [0.2, 0.25) is 5.02 Å². The highest BCUT2D eigenvalue weighted by molar-refractivity contribution is 7.13. The molecule has 2 heterocycles. The van der Waals surface area contributed by atoms with E-state index in [0.29, 0.717) is 10.7 Å².